The normalized spacial score (nSPS) is 21.3. The molecule has 2 heterocycles. The molecule has 9 heteroatoms. The molecule has 0 radical (unpaired) electrons. The predicted molar refractivity (Wildman–Crippen MR) is 72.5 cm³/mol. The summed E-state index contributed by atoms with van der Waals surface area (Å²) in [5, 5.41) is 1.67. The molecule has 1 unspecified atom stereocenters. The fourth-order valence-corrected chi connectivity index (χ4v) is 5.74. The monoisotopic (exact) mass is 369 g/mol. The van der Waals surface area contributed by atoms with Crippen LogP contribution in [0.3, 0.4) is 0 Å². The van der Waals surface area contributed by atoms with Crippen molar-refractivity contribution in [2.24, 2.45) is 0 Å². The molecule has 106 valence electrons. The van der Waals surface area contributed by atoms with Crippen LogP contribution in [0.25, 0.3) is 0 Å². The van der Waals surface area contributed by atoms with Gasteiger partial charge in [-0.1, -0.05) is 0 Å². The zero-order chi connectivity index (χ0) is 14.0. The lowest BCUT2D eigenvalue weighted by Crippen LogP contribution is -2.52. The highest BCUT2D eigenvalue weighted by molar-refractivity contribution is 9.10. The first-order valence-electron chi connectivity index (χ1n) is 5.39. The van der Waals surface area contributed by atoms with Crippen LogP contribution >= 0.6 is 27.3 Å². The topological polar surface area (TPSA) is 72.9 Å². The second kappa shape index (κ2) is 5.88. The number of halogens is 1. The van der Waals surface area contributed by atoms with Gasteiger partial charge in [-0.15, -0.1) is 11.3 Å². The van der Waals surface area contributed by atoms with Gasteiger partial charge in [0.1, 0.15) is 10.3 Å². The summed E-state index contributed by atoms with van der Waals surface area (Å²) in [6, 6.07) is 0.725. The molecule has 0 aliphatic carbocycles. The molecule has 19 heavy (non-hydrogen) atoms. The Labute approximate surface area is 123 Å². The van der Waals surface area contributed by atoms with Crippen LogP contribution in [-0.4, -0.2) is 51.6 Å². The average Bonchev–Trinajstić information content (AvgIpc) is 2.85. The highest BCUT2D eigenvalue weighted by Crippen LogP contribution is 2.32. The summed E-state index contributed by atoms with van der Waals surface area (Å²) >= 11 is 4.30. The van der Waals surface area contributed by atoms with Crippen LogP contribution in [0.15, 0.2) is 20.1 Å². The zero-order valence-corrected chi connectivity index (χ0v) is 13.3. The summed E-state index contributed by atoms with van der Waals surface area (Å²) in [4.78, 5) is 11.7. The maximum absolute atomic E-state index is 12.5. The van der Waals surface area contributed by atoms with Crippen LogP contribution in [-0.2, 0) is 24.3 Å². The largest absolute Gasteiger partial charge is 0.468 e. The summed E-state index contributed by atoms with van der Waals surface area (Å²) < 4.78 is 36.7. The van der Waals surface area contributed by atoms with Gasteiger partial charge in [-0.2, -0.15) is 4.31 Å². The zero-order valence-electron chi connectivity index (χ0n) is 10.0. The minimum Gasteiger partial charge on any atom is -0.468 e. The van der Waals surface area contributed by atoms with Gasteiger partial charge in [0.15, 0.2) is 0 Å². The Morgan fingerprint density at radius 1 is 1.63 bits per heavy atom. The SMILES string of the molecule is COC(=O)C1COCCN1S(=O)(=O)c1sccc1Br. The quantitative estimate of drug-likeness (QED) is 0.745. The van der Waals surface area contributed by atoms with E-state index in [9.17, 15) is 13.2 Å². The van der Waals surface area contributed by atoms with E-state index in [0.29, 0.717) is 4.47 Å². The van der Waals surface area contributed by atoms with Crippen LogP contribution in [0.4, 0.5) is 0 Å². The molecule has 0 amide bonds. The number of esters is 1. The van der Waals surface area contributed by atoms with Crippen molar-refractivity contribution in [1.82, 2.24) is 4.31 Å². The third-order valence-corrected chi connectivity index (χ3v) is 7.24. The maximum atomic E-state index is 12.5. The van der Waals surface area contributed by atoms with E-state index in [0.717, 1.165) is 15.6 Å². The van der Waals surface area contributed by atoms with Crippen molar-refractivity contribution < 1.29 is 22.7 Å². The second-order valence-electron chi connectivity index (χ2n) is 3.79. The van der Waals surface area contributed by atoms with Crippen LogP contribution < -0.4 is 0 Å². The Balaban J connectivity index is 2.37. The molecule has 1 aromatic heterocycles. The second-order valence-corrected chi connectivity index (χ2v) is 7.64. The molecule has 1 aliphatic heterocycles. The van der Waals surface area contributed by atoms with Gasteiger partial charge in [0.05, 0.1) is 20.3 Å². The molecular formula is C10H12BrNO5S2. The van der Waals surface area contributed by atoms with Crippen LogP contribution in [0.1, 0.15) is 0 Å². The summed E-state index contributed by atoms with van der Waals surface area (Å²) in [5.74, 6) is -0.615. The fourth-order valence-electron chi connectivity index (χ4n) is 1.77. The van der Waals surface area contributed by atoms with Crippen molar-refractivity contribution >= 4 is 43.3 Å². The van der Waals surface area contributed by atoms with Gasteiger partial charge < -0.3 is 9.47 Å². The van der Waals surface area contributed by atoms with Gasteiger partial charge >= 0.3 is 5.97 Å². The molecule has 0 saturated carbocycles. The standard InChI is InChI=1S/C10H12BrNO5S2/c1-16-9(13)8-6-17-4-3-12(8)19(14,15)10-7(11)2-5-18-10/h2,5,8H,3-4,6H2,1H3. The van der Waals surface area contributed by atoms with Gasteiger partial charge in [-0.3, -0.25) is 4.79 Å². The van der Waals surface area contributed by atoms with E-state index >= 15 is 0 Å². The number of thiophene rings is 1. The van der Waals surface area contributed by atoms with E-state index in [2.05, 4.69) is 20.7 Å². The third-order valence-electron chi connectivity index (χ3n) is 2.68. The summed E-state index contributed by atoms with van der Waals surface area (Å²) in [5.41, 5.74) is 0. The first kappa shape index (κ1) is 14.9. The Kier molecular flexibility index (Phi) is 4.62. The molecular weight excluding hydrogens is 358 g/mol. The Morgan fingerprint density at radius 3 is 2.95 bits per heavy atom. The molecule has 0 aromatic carbocycles. The van der Waals surface area contributed by atoms with Gasteiger partial charge in [-0.25, -0.2) is 8.42 Å². The molecule has 6 nitrogen and oxygen atoms in total. The molecule has 1 aliphatic rings. The van der Waals surface area contributed by atoms with Crippen molar-refractivity contribution in [3.63, 3.8) is 0 Å². The van der Waals surface area contributed by atoms with Crippen molar-refractivity contribution in [2.75, 3.05) is 26.9 Å². The summed E-state index contributed by atoms with van der Waals surface area (Å²) in [7, 11) is -2.50. The van der Waals surface area contributed by atoms with Crippen LogP contribution in [0, 0.1) is 0 Å². The van der Waals surface area contributed by atoms with Gasteiger partial charge in [0.2, 0.25) is 0 Å². The highest BCUT2D eigenvalue weighted by Gasteiger charge is 2.40. The fraction of sp³-hybridized carbons (Fsp3) is 0.500. The van der Waals surface area contributed by atoms with E-state index in [4.69, 9.17) is 4.74 Å². The van der Waals surface area contributed by atoms with E-state index in [1.807, 2.05) is 0 Å². The van der Waals surface area contributed by atoms with E-state index < -0.39 is 22.0 Å². The van der Waals surface area contributed by atoms with E-state index in [1.165, 1.54) is 7.11 Å². The molecule has 0 spiro atoms. The van der Waals surface area contributed by atoms with E-state index in [-0.39, 0.29) is 24.0 Å². The number of carbonyl (C=O) groups is 1. The molecule has 0 N–H and O–H groups in total. The predicted octanol–water partition coefficient (Wildman–Crippen LogP) is 1.07. The van der Waals surface area contributed by atoms with Crippen molar-refractivity contribution in [3.05, 3.63) is 15.9 Å². The van der Waals surface area contributed by atoms with E-state index in [1.54, 1.807) is 11.4 Å². The summed E-state index contributed by atoms with van der Waals surface area (Å²) in [6.45, 7) is 0.400. The lowest BCUT2D eigenvalue weighted by Gasteiger charge is -2.32. The Morgan fingerprint density at radius 2 is 2.37 bits per heavy atom. The number of nitrogens with zero attached hydrogens (tertiary/aromatic N) is 1. The number of sulfonamides is 1. The van der Waals surface area contributed by atoms with Gasteiger partial charge in [-0.05, 0) is 27.4 Å². The Bertz CT molecular complexity index is 570. The summed E-state index contributed by atoms with van der Waals surface area (Å²) in [6.07, 6.45) is 0. The smallest absolute Gasteiger partial charge is 0.326 e. The van der Waals surface area contributed by atoms with Crippen LogP contribution in [0.5, 0.6) is 0 Å². The number of methoxy groups -OCH3 is 1. The molecule has 2 rings (SSSR count). The van der Waals surface area contributed by atoms with Crippen molar-refractivity contribution in [3.8, 4) is 0 Å². The highest BCUT2D eigenvalue weighted by atomic mass is 79.9. The number of hydrogen-bond acceptors (Lipinski definition) is 6. The number of hydrogen-bond donors (Lipinski definition) is 0. The minimum atomic E-state index is -3.73. The molecule has 1 atom stereocenters. The average molecular weight is 370 g/mol. The maximum Gasteiger partial charge on any atom is 0.326 e. The molecule has 1 aromatic rings. The van der Waals surface area contributed by atoms with Crippen LogP contribution in [0.2, 0.25) is 0 Å². The number of rotatable bonds is 3. The molecule has 1 saturated heterocycles. The molecule has 0 bridgehead atoms. The van der Waals surface area contributed by atoms with Crippen molar-refractivity contribution in [1.29, 1.82) is 0 Å². The lowest BCUT2D eigenvalue weighted by molar-refractivity contribution is -0.149. The van der Waals surface area contributed by atoms with Gasteiger partial charge in [0, 0.05) is 11.0 Å². The molecule has 1 fully saturated rings. The van der Waals surface area contributed by atoms with Crippen molar-refractivity contribution in [2.45, 2.75) is 10.3 Å². The lowest BCUT2D eigenvalue weighted by atomic mass is 10.3. The van der Waals surface area contributed by atoms with Gasteiger partial charge in [0.25, 0.3) is 10.0 Å². The number of morpholine rings is 1. The first-order valence-corrected chi connectivity index (χ1v) is 8.50. The number of ether oxygens (including phenoxy) is 2. The Hall–Kier alpha value is -0.480. The minimum absolute atomic E-state index is 0.00883. The number of carbonyl (C=O) groups excluding carboxylic acids is 1. The first-order chi connectivity index (χ1) is 8.98. The third kappa shape index (κ3) is 2.84.